The van der Waals surface area contributed by atoms with E-state index in [-0.39, 0.29) is 0 Å². The fourth-order valence-corrected chi connectivity index (χ4v) is 1.50. The van der Waals surface area contributed by atoms with Crippen LogP contribution in [0.5, 0.6) is 0 Å². The van der Waals surface area contributed by atoms with Crippen molar-refractivity contribution in [1.29, 1.82) is 0 Å². The van der Waals surface area contributed by atoms with Crippen LogP contribution in [0.1, 0.15) is 24.3 Å². The molecule has 0 spiro atoms. The summed E-state index contributed by atoms with van der Waals surface area (Å²) in [6.45, 7) is 3.56. The minimum absolute atomic E-state index is 0.544. The number of nitrogens with zero attached hydrogens (tertiary/aromatic N) is 3. The van der Waals surface area contributed by atoms with E-state index >= 15 is 0 Å². The number of hydrogen-bond donors (Lipinski definition) is 1. The number of hydrogen-bond acceptors (Lipinski definition) is 4. The number of aliphatic hydroxyl groups is 1. The quantitative estimate of drug-likeness (QED) is 0.831. The van der Waals surface area contributed by atoms with Gasteiger partial charge in [0.05, 0.1) is 6.10 Å². The molecule has 0 radical (unpaired) electrons. The van der Waals surface area contributed by atoms with Crippen molar-refractivity contribution in [3.05, 3.63) is 41.9 Å². The lowest BCUT2D eigenvalue weighted by Gasteiger charge is -2.08. The molecule has 0 fully saturated rings. The van der Waals surface area contributed by atoms with E-state index in [1.54, 1.807) is 19.3 Å². The lowest BCUT2D eigenvalue weighted by molar-refractivity contribution is 0.197. The van der Waals surface area contributed by atoms with Crippen LogP contribution in [0.2, 0.25) is 0 Å². The van der Waals surface area contributed by atoms with Crippen LogP contribution in [-0.2, 0) is 0 Å². The highest BCUT2D eigenvalue weighted by Crippen LogP contribution is 2.17. The first-order valence-corrected chi connectivity index (χ1v) is 5.11. The second-order valence-electron chi connectivity index (χ2n) is 3.63. The Kier molecular flexibility index (Phi) is 2.92. The maximum Gasteiger partial charge on any atom is 0.178 e. The highest BCUT2D eigenvalue weighted by molar-refractivity contribution is 5.48. The molecule has 2 heterocycles. The number of aromatic nitrogens is 3. The number of aliphatic hydroxyl groups excluding tert-OH is 1. The third-order valence-electron chi connectivity index (χ3n) is 2.36. The standard InChI is InChI=1S/C12H13N3O/c1-8-10(9(2)16)7-14-12(15-8)11-5-3-4-6-13-11/h3-7,9,16H,1-2H3. The molecule has 4 heteroatoms. The molecule has 2 rings (SSSR count). The Labute approximate surface area is 94.0 Å². The topological polar surface area (TPSA) is 58.9 Å². The van der Waals surface area contributed by atoms with Gasteiger partial charge in [0.25, 0.3) is 0 Å². The normalized spacial score (nSPS) is 12.4. The van der Waals surface area contributed by atoms with Crippen molar-refractivity contribution in [1.82, 2.24) is 15.0 Å². The maximum atomic E-state index is 9.47. The number of pyridine rings is 1. The van der Waals surface area contributed by atoms with Gasteiger partial charge in [-0.2, -0.15) is 0 Å². The average molecular weight is 215 g/mol. The van der Waals surface area contributed by atoms with Crippen molar-refractivity contribution >= 4 is 0 Å². The van der Waals surface area contributed by atoms with Gasteiger partial charge in [-0.3, -0.25) is 4.98 Å². The molecule has 16 heavy (non-hydrogen) atoms. The SMILES string of the molecule is Cc1nc(-c2ccccn2)ncc1C(C)O. The van der Waals surface area contributed by atoms with Gasteiger partial charge in [0.15, 0.2) is 5.82 Å². The first-order chi connectivity index (χ1) is 7.68. The fraction of sp³-hybridized carbons (Fsp3) is 0.250. The van der Waals surface area contributed by atoms with E-state index in [2.05, 4.69) is 15.0 Å². The summed E-state index contributed by atoms with van der Waals surface area (Å²) in [5.74, 6) is 0.586. The Hall–Kier alpha value is -1.81. The van der Waals surface area contributed by atoms with Gasteiger partial charge in [-0.05, 0) is 26.0 Å². The minimum Gasteiger partial charge on any atom is -0.389 e. The van der Waals surface area contributed by atoms with Gasteiger partial charge < -0.3 is 5.11 Å². The van der Waals surface area contributed by atoms with Crippen LogP contribution in [0.25, 0.3) is 11.5 Å². The van der Waals surface area contributed by atoms with E-state index in [0.717, 1.165) is 17.0 Å². The van der Waals surface area contributed by atoms with Gasteiger partial charge in [-0.25, -0.2) is 9.97 Å². The van der Waals surface area contributed by atoms with Crippen molar-refractivity contribution in [2.24, 2.45) is 0 Å². The Morgan fingerprint density at radius 1 is 1.25 bits per heavy atom. The van der Waals surface area contributed by atoms with Gasteiger partial charge in [-0.15, -0.1) is 0 Å². The first-order valence-electron chi connectivity index (χ1n) is 5.11. The van der Waals surface area contributed by atoms with Gasteiger partial charge in [-0.1, -0.05) is 6.07 Å². The van der Waals surface area contributed by atoms with E-state index in [1.807, 2.05) is 25.1 Å². The predicted molar refractivity (Wildman–Crippen MR) is 60.6 cm³/mol. The monoisotopic (exact) mass is 215 g/mol. The Balaban J connectivity index is 2.43. The largest absolute Gasteiger partial charge is 0.389 e. The molecule has 2 aromatic heterocycles. The van der Waals surface area contributed by atoms with Crippen molar-refractivity contribution in [2.45, 2.75) is 20.0 Å². The lowest BCUT2D eigenvalue weighted by atomic mass is 10.1. The molecule has 0 aliphatic heterocycles. The van der Waals surface area contributed by atoms with Gasteiger partial charge in [0, 0.05) is 23.7 Å². The molecule has 0 amide bonds. The first kappa shape index (κ1) is 10.7. The van der Waals surface area contributed by atoms with Crippen LogP contribution in [0, 0.1) is 6.92 Å². The van der Waals surface area contributed by atoms with Crippen LogP contribution >= 0.6 is 0 Å². The highest BCUT2D eigenvalue weighted by Gasteiger charge is 2.09. The Morgan fingerprint density at radius 2 is 2.06 bits per heavy atom. The lowest BCUT2D eigenvalue weighted by Crippen LogP contribution is -2.01. The molecule has 82 valence electrons. The maximum absolute atomic E-state index is 9.47. The van der Waals surface area contributed by atoms with E-state index in [9.17, 15) is 5.11 Å². The van der Waals surface area contributed by atoms with Crippen molar-refractivity contribution in [2.75, 3.05) is 0 Å². The summed E-state index contributed by atoms with van der Waals surface area (Å²) < 4.78 is 0. The van der Waals surface area contributed by atoms with Gasteiger partial charge >= 0.3 is 0 Å². The van der Waals surface area contributed by atoms with Crippen LogP contribution in [-0.4, -0.2) is 20.1 Å². The number of rotatable bonds is 2. The summed E-state index contributed by atoms with van der Waals surface area (Å²) in [5.41, 5.74) is 2.27. The summed E-state index contributed by atoms with van der Waals surface area (Å²) in [4.78, 5) is 12.7. The summed E-state index contributed by atoms with van der Waals surface area (Å²) in [5, 5.41) is 9.47. The molecule has 0 saturated heterocycles. The molecule has 0 aliphatic rings. The zero-order valence-electron chi connectivity index (χ0n) is 9.25. The molecule has 2 aromatic rings. The zero-order valence-corrected chi connectivity index (χ0v) is 9.25. The molecule has 0 saturated carbocycles. The molecule has 4 nitrogen and oxygen atoms in total. The Bertz CT molecular complexity index is 483. The molecule has 0 aromatic carbocycles. The molecule has 0 bridgehead atoms. The van der Waals surface area contributed by atoms with Crippen LogP contribution in [0.15, 0.2) is 30.6 Å². The van der Waals surface area contributed by atoms with Crippen molar-refractivity contribution in [3.8, 4) is 11.5 Å². The zero-order chi connectivity index (χ0) is 11.5. The summed E-state index contributed by atoms with van der Waals surface area (Å²) in [6, 6.07) is 5.60. The molecular formula is C12H13N3O. The van der Waals surface area contributed by atoms with E-state index in [0.29, 0.717) is 5.82 Å². The van der Waals surface area contributed by atoms with Gasteiger partial charge in [0.1, 0.15) is 5.69 Å². The molecule has 1 N–H and O–H groups in total. The molecule has 0 aliphatic carbocycles. The van der Waals surface area contributed by atoms with E-state index < -0.39 is 6.10 Å². The highest BCUT2D eigenvalue weighted by atomic mass is 16.3. The minimum atomic E-state index is -0.544. The van der Waals surface area contributed by atoms with Crippen LogP contribution in [0.4, 0.5) is 0 Å². The summed E-state index contributed by atoms with van der Waals surface area (Å²) in [7, 11) is 0. The van der Waals surface area contributed by atoms with Crippen LogP contribution in [0.3, 0.4) is 0 Å². The third-order valence-corrected chi connectivity index (χ3v) is 2.36. The summed E-state index contributed by atoms with van der Waals surface area (Å²) in [6.07, 6.45) is 2.81. The second kappa shape index (κ2) is 4.37. The fourth-order valence-electron chi connectivity index (χ4n) is 1.50. The van der Waals surface area contributed by atoms with Crippen molar-refractivity contribution in [3.63, 3.8) is 0 Å². The van der Waals surface area contributed by atoms with Crippen molar-refractivity contribution < 1.29 is 5.11 Å². The van der Waals surface area contributed by atoms with E-state index in [4.69, 9.17) is 0 Å². The summed E-state index contributed by atoms with van der Waals surface area (Å²) >= 11 is 0. The average Bonchev–Trinajstić information content (AvgIpc) is 2.29. The molecular weight excluding hydrogens is 202 g/mol. The molecule has 1 atom stereocenters. The predicted octanol–water partition coefficient (Wildman–Crippen LogP) is 1.90. The Morgan fingerprint density at radius 3 is 2.62 bits per heavy atom. The molecule has 1 unspecified atom stereocenters. The van der Waals surface area contributed by atoms with E-state index in [1.165, 1.54) is 0 Å². The number of aryl methyl sites for hydroxylation is 1. The van der Waals surface area contributed by atoms with Gasteiger partial charge in [0.2, 0.25) is 0 Å². The second-order valence-corrected chi connectivity index (χ2v) is 3.63. The third kappa shape index (κ3) is 2.06. The van der Waals surface area contributed by atoms with Crippen LogP contribution < -0.4 is 0 Å². The smallest absolute Gasteiger partial charge is 0.178 e.